The average Bonchev–Trinajstić information content (AvgIpc) is 2.63. The Bertz CT molecular complexity index is 408. The fourth-order valence-electron chi connectivity index (χ4n) is 1.93. The van der Waals surface area contributed by atoms with Gasteiger partial charge >= 0.3 is 5.97 Å². The van der Waals surface area contributed by atoms with Gasteiger partial charge in [0.25, 0.3) is 0 Å². The van der Waals surface area contributed by atoms with E-state index in [0.717, 1.165) is 0 Å². The number of nitrogens with two attached hydrogens (primary N) is 1. The van der Waals surface area contributed by atoms with E-state index in [-0.39, 0.29) is 22.2 Å². The van der Waals surface area contributed by atoms with Crippen molar-refractivity contribution in [2.45, 2.75) is 69.1 Å². The largest absolute Gasteiger partial charge is 0.480 e. The van der Waals surface area contributed by atoms with E-state index in [9.17, 15) is 9.59 Å². The number of hydrogen-bond acceptors (Lipinski definition) is 5. The lowest BCUT2D eigenvalue weighted by molar-refractivity contribution is -0.137. The molecule has 122 valence electrons. The standard InChI is InChI=1S/C14H27NO4SSi/c1-14(2,3)21(4,5)19-11-6-9(16)7-12(11)20-8-10(15)13(17)18/h10-12H,6-8,15H2,1-5H3,(H,17,18)/t10-,11-,12-/m0/s1. The molecule has 3 atom stereocenters. The molecule has 0 aromatic heterocycles. The molecular formula is C14H27NO4SSi. The van der Waals surface area contributed by atoms with Gasteiger partial charge in [0.15, 0.2) is 8.32 Å². The number of rotatable bonds is 6. The van der Waals surface area contributed by atoms with E-state index >= 15 is 0 Å². The van der Waals surface area contributed by atoms with Gasteiger partial charge in [-0.3, -0.25) is 9.59 Å². The predicted octanol–water partition coefficient (Wildman–Crippen LogP) is 2.25. The van der Waals surface area contributed by atoms with Crippen LogP contribution in [0.1, 0.15) is 33.6 Å². The molecular weight excluding hydrogens is 306 g/mol. The van der Waals surface area contributed by atoms with Gasteiger partial charge in [0.2, 0.25) is 0 Å². The maximum absolute atomic E-state index is 11.8. The molecule has 0 heterocycles. The van der Waals surface area contributed by atoms with Crippen molar-refractivity contribution < 1.29 is 19.1 Å². The third-order valence-corrected chi connectivity index (χ3v) is 10.3. The van der Waals surface area contributed by atoms with E-state index < -0.39 is 20.3 Å². The number of Topliss-reactive ketones (excluding diaryl/α,β-unsaturated/α-hetero) is 1. The number of carboxylic acids is 1. The van der Waals surface area contributed by atoms with Gasteiger partial charge in [-0.2, -0.15) is 11.8 Å². The van der Waals surface area contributed by atoms with E-state index in [4.69, 9.17) is 15.3 Å². The van der Waals surface area contributed by atoms with Crippen LogP contribution in [0.3, 0.4) is 0 Å². The lowest BCUT2D eigenvalue weighted by atomic mass is 10.2. The lowest BCUT2D eigenvalue weighted by Crippen LogP contribution is -2.45. The number of carboxylic acid groups (broad SMARTS) is 1. The number of hydrogen-bond donors (Lipinski definition) is 2. The van der Waals surface area contributed by atoms with Crippen LogP contribution in [0.5, 0.6) is 0 Å². The Morgan fingerprint density at radius 1 is 1.48 bits per heavy atom. The van der Waals surface area contributed by atoms with Crippen LogP contribution in [0.2, 0.25) is 18.1 Å². The second-order valence-corrected chi connectivity index (χ2v) is 13.2. The van der Waals surface area contributed by atoms with Crippen LogP contribution in [0.4, 0.5) is 0 Å². The highest BCUT2D eigenvalue weighted by molar-refractivity contribution is 8.00. The molecule has 0 spiro atoms. The molecule has 0 bridgehead atoms. The summed E-state index contributed by atoms with van der Waals surface area (Å²) in [6, 6.07) is -0.890. The van der Waals surface area contributed by atoms with Crippen LogP contribution >= 0.6 is 11.8 Å². The van der Waals surface area contributed by atoms with E-state index in [1.165, 1.54) is 11.8 Å². The van der Waals surface area contributed by atoms with Crippen molar-refractivity contribution in [2.24, 2.45) is 5.73 Å². The molecule has 0 aliphatic heterocycles. The molecule has 1 rings (SSSR count). The minimum absolute atomic E-state index is 0.0250. The number of carbonyl (C=O) groups is 2. The van der Waals surface area contributed by atoms with Crippen LogP contribution in [0, 0.1) is 0 Å². The van der Waals surface area contributed by atoms with Crippen molar-refractivity contribution in [1.82, 2.24) is 0 Å². The first kappa shape index (κ1) is 18.7. The van der Waals surface area contributed by atoms with Crippen molar-refractivity contribution in [3.05, 3.63) is 0 Å². The summed E-state index contributed by atoms with van der Waals surface area (Å²) in [5, 5.41) is 8.95. The van der Waals surface area contributed by atoms with Crippen LogP contribution in [0.25, 0.3) is 0 Å². The zero-order valence-electron chi connectivity index (χ0n) is 13.5. The fourth-order valence-corrected chi connectivity index (χ4v) is 4.66. The molecule has 0 aromatic carbocycles. The maximum Gasteiger partial charge on any atom is 0.321 e. The second kappa shape index (κ2) is 6.81. The predicted molar refractivity (Wildman–Crippen MR) is 88.2 cm³/mol. The first-order valence-corrected chi connectivity index (χ1v) is 11.2. The molecule has 1 saturated carbocycles. The monoisotopic (exact) mass is 333 g/mol. The Morgan fingerprint density at radius 3 is 2.52 bits per heavy atom. The quantitative estimate of drug-likeness (QED) is 0.725. The summed E-state index contributed by atoms with van der Waals surface area (Å²) in [5.74, 6) is -0.501. The summed E-state index contributed by atoms with van der Waals surface area (Å²) in [5.41, 5.74) is 5.53. The van der Waals surface area contributed by atoms with E-state index in [0.29, 0.717) is 18.6 Å². The van der Waals surface area contributed by atoms with Gasteiger partial charge in [0.1, 0.15) is 11.8 Å². The van der Waals surface area contributed by atoms with Crippen molar-refractivity contribution in [3.63, 3.8) is 0 Å². The molecule has 3 N–H and O–H groups in total. The zero-order chi connectivity index (χ0) is 16.4. The minimum Gasteiger partial charge on any atom is -0.480 e. The lowest BCUT2D eigenvalue weighted by Gasteiger charge is -2.39. The average molecular weight is 334 g/mol. The van der Waals surface area contributed by atoms with Crippen molar-refractivity contribution >= 4 is 31.8 Å². The normalized spacial score (nSPS) is 25.1. The SMILES string of the molecule is CC(C)(C)[Si](C)(C)O[C@H]1CC(=O)C[C@@H]1SC[C@H](N)C(=O)O. The Kier molecular flexibility index (Phi) is 6.05. The van der Waals surface area contributed by atoms with Gasteiger partial charge in [-0.05, 0) is 18.1 Å². The third-order valence-electron chi connectivity index (χ3n) is 4.33. The minimum atomic E-state index is -1.93. The fraction of sp³-hybridized carbons (Fsp3) is 0.857. The molecule has 0 unspecified atom stereocenters. The van der Waals surface area contributed by atoms with Crippen molar-refractivity contribution in [3.8, 4) is 0 Å². The number of aliphatic carboxylic acids is 1. The van der Waals surface area contributed by atoms with Crippen LogP contribution < -0.4 is 5.73 Å². The Hall–Kier alpha value is -0.373. The first-order chi connectivity index (χ1) is 9.44. The van der Waals surface area contributed by atoms with Crippen LogP contribution in [0.15, 0.2) is 0 Å². The van der Waals surface area contributed by atoms with Crippen LogP contribution in [-0.2, 0) is 14.0 Å². The third kappa shape index (κ3) is 5.09. The highest BCUT2D eigenvalue weighted by atomic mass is 32.2. The Morgan fingerprint density at radius 2 is 2.05 bits per heavy atom. The van der Waals surface area contributed by atoms with E-state index in [1.54, 1.807) is 0 Å². The summed E-state index contributed by atoms with van der Waals surface area (Å²) in [6.45, 7) is 10.8. The van der Waals surface area contributed by atoms with Gasteiger partial charge in [-0.25, -0.2) is 0 Å². The molecule has 0 amide bonds. The second-order valence-electron chi connectivity index (χ2n) is 7.18. The molecule has 7 heteroatoms. The summed E-state index contributed by atoms with van der Waals surface area (Å²) in [7, 11) is -1.93. The number of ketones is 1. The molecule has 1 fully saturated rings. The smallest absolute Gasteiger partial charge is 0.321 e. The van der Waals surface area contributed by atoms with Gasteiger partial charge in [0.05, 0.1) is 6.10 Å². The first-order valence-electron chi connectivity index (χ1n) is 7.23. The topological polar surface area (TPSA) is 89.6 Å². The van der Waals surface area contributed by atoms with Gasteiger partial charge in [-0.1, -0.05) is 20.8 Å². The van der Waals surface area contributed by atoms with E-state index in [2.05, 4.69) is 33.9 Å². The summed E-state index contributed by atoms with van der Waals surface area (Å²) < 4.78 is 6.35. The van der Waals surface area contributed by atoms with Crippen molar-refractivity contribution in [1.29, 1.82) is 0 Å². The van der Waals surface area contributed by atoms with Gasteiger partial charge in [0, 0.05) is 23.8 Å². The molecule has 0 saturated heterocycles. The molecule has 1 aliphatic rings. The molecule has 1 aliphatic carbocycles. The molecule has 5 nitrogen and oxygen atoms in total. The van der Waals surface area contributed by atoms with Crippen LogP contribution in [-0.4, -0.2) is 48.3 Å². The zero-order valence-corrected chi connectivity index (χ0v) is 15.3. The Labute approximate surface area is 132 Å². The summed E-state index contributed by atoms with van der Waals surface area (Å²) in [4.78, 5) is 22.5. The van der Waals surface area contributed by atoms with Gasteiger partial charge in [-0.15, -0.1) is 0 Å². The number of carbonyl (C=O) groups excluding carboxylic acids is 1. The van der Waals surface area contributed by atoms with Crippen molar-refractivity contribution in [2.75, 3.05) is 5.75 Å². The number of thioether (sulfide) groups is 1. The highest BCUT2D eigenvalue weighted by Gasteiger charge is 2.44. The maximum atomic E-state index is 11.8. The highest BCUT2D eigenvalue weighted by Crippen LogP contribution is 2.41. The summed E-state index contributed by atoms with van der Waals surface area (Å²) >= 11 is 1.45. The molecule has 0 aromatic rings. The summed E-state index contributed by atoms with van der Waals surface area (Å²) in [6.07, 6.45) is 0.785. The van der Waals surface area contributed by atoms with E-state index in [1.807, 2.05) is 0 Å². The molecule has 21 heavy (non-hydrogen) atoms. The van der Waals surface area contributed by atoms with Gasteiger partial charge < -0.3 is 15.3 Å². The molecule has 0 radical (unpaired) electrons. The Balaban J connectivity index is 2.67.